The molecular formula is C16H22N2OS. The van der Waals surface area contributed by atoms with E-state index in [-0.39, 0.29) is 0 Å². The first-order valence-electron chi connectivity index (χ1n) is 7.49. The Hall–Kier alpha value is -0.970. The molecule has 3 rings (SSSR count). The third kappa shape index (κ3) is 3.03. The molecule has 0 spiro atoms. The Morgan fingerprint density at radius 2 is 2.10 bits per heavy atom. The average Bonchev–Trinajstić information content (AvgIpc) is 2.83. The molecule has 1 saturated carbocycles. The second-order valence-corrected chi connectivity index (χ2v) is 6.92. The smallest absolute Gasteiger partial charge is 0.0967 e. The molecule has 1 fully saturated rings. The average molecular weight is 290 g/mol. The van der Waals surface area contributed by atoms with E-state index in [1.165, 1.54) is 4.70 Å². The molecule has 3 nitrogen and oxygen atoms in total. The predicted molar refractivity (Wildman–Crippen MR) is 84.2 cm³/mol. The lowest BCUT2D eigenvalue weighted by atomic mass is 9.80. The molecule has 0 bridgehead atoms. The van der Waals surface area contributed by atoms with Gasteiger partial charge in [0, 0.05) is 12.5 Å². The maximum absolute atomic E-state index is 10.8. The molecule has 0 aliphatic heterocycles. The molecule has 20 heavy (non-hydrogen) atoms. The highest BCUT2D eigenvalue weighted by molar-refractivity contribution is 7.18. The molecule has 1 aliphatic rings. The van der Waals surface area contributed by atoms with Crippen molar-refractivity contribution >= 4 is 21.6 Å². The fourth-order valence-electron chi connectivity index (χ4n) is 3.10. The van der Waals surface area contributed by atoms with Gasteiger partial charge in [-0.1, -0.05) is 19.1 Å². The van der Waals surface area contributed by atoms with E-state index in [4.69, 9.17) is 0 Å². The first-order chi connectivity index (χ1) is 9.68. The van der Waals surface area contributed by atoms with Crippen molar-refractivity contribution in [2.45, 2.75) is 50.7 Å². The van der Waals surface area contributed by atoms with Crippen LogP contribution in [0.1, 0.15) is 37.6 Å². The van der Waals surface area contributed by atoms with E-state index < -0.39 is 5.60 Å². The zero-order valence-corrected chi connectivity index (χ0v) is 12.7. The third-order valence-electron chi connectivity index (χ3n) is 4.23. The molecule has 1 aliphatic carbocycles. The van der Waals surface area contributed by atoms with Gasteiger partial charge in [0.25, 0.3) is 0 Å². The van der Waals surface area contributed by atoms with Gasteiger partial charge in [0.15, 0.2) is 0 Å². The molecule has 0 amide bonds. The van der Waals surface area contributed by atoms with Crippen LogP contribution < -0.4 is 5.32 Å². The zero-order valence-electron chi connectivity index (χ0n) is 11.9. The van der Waals surface area contributed by atoms with Gasteiger partial charge in [-0.2, -0.15) is 0 Å². The summed E-state index contributed by atoms with van der Waals surface area (Å²) in [6.45, 7) is 3.16. The second-order valence-electron chi connectivity index (χ2n) is 5.81. The lowest BCUT2D eigenvalue weighted by molar-refractivity contribution is -0.00294. The van der Waals surface area contributed by atoms with E-state index in [1.54, 1.807) is 11.3 Å². The summed E-state index contributed by atoms with van der Waals surface area (Å²) in [5.41, 5.74) is 0.497. The van der Waals surface area contributed by atoms with Gasteiger partial charge < -0.3 is 10.4 Å². The maximum Gasteiger partial charge on any atom is 0.0967 e. The van der Waals surface area contributed by atoms with E-state index in [1.807, 2.05) is 18.2 Å². The maximum atomic E-state index is 10.8. The Morgan fingerprint density at radius 1 is 1.35 bits per heavy atom. The van der Waals surface area contributed by atoms with Gasteiger partial charge in [-0.3, -0.25) is 0 Å². The Kier molecular flexibility index (Phi) is 4.06. The lowest BCUT2D eigenvalue weighted by Gasteiger charge is -2.35. The van der Waals surface area contributed by atoms with Crippen molar-refractivity contribution in [1.82, 2.24) is 10.3 Å². The second kappa shape index (κ2) is 5.80. The summed E-state index contributed by atoms with van der Waals surface area (Å²) in [5.74, 6) is 0. The van der Waals surface area contributed by atoms with Crippen LogP contribution in [0.4, 0.5) is 0 Å². The summed E-state index contributed by atoms with van der Waals surface area (Å²) in [7, 11) is 0. The number of benzene rings is 1. The molecular weight excluding hydrogens is 268 g/mol. The quantitative estimate of drug-likeness (QED) is 0.909. The molecule has 1 heterocycles. The monoisotopic (exact) mass is 290 g/mol. The number of hydrogen-bond donors (Lipinski definition) is 2. The SMILES string of the molecule is CCNC1CCC(O)(Cc2nc3ccccc3s2)CC1. The largest absolute Gasteiger partial charge is 0.389 e. The summed E-state index contributed by atoms with van der Waals surface area (Å²) < 4.78 is 1.22. The van der Waals surface area contributed by atoms with Crippen LogP contribution in [-0.2, 0) is 6.42 Å². The summed E-state index contributed by atoms with van der Waals surface area (Å²) in [4.78, 5) is 4.65. The fraction of sp³-hybridized carbons (Fsp3) is 0.562. The van der Waals surface area contributed by atoms with Crippen molar-refractivity contribution in [3.8, 4) is 0 Å². The highest BCUT2D eigenvalue weighted by Crippen LogP contribution is 2.33. The first-order valence-corrected chi connectivity index (χ1v) is 8.30. The standard InChI is InChI=1S/C16H22N2OS/c1-2-17-12-7-9-16(19,10-8-12)11-15-18-13-5-3-4-6-14(13)20-15/h3-6,12,17,19H,2,7-11H2,1H3. The van der Waals surface area contributed by atoms with Gasteiger partial charge in [0.1, 0.15) is 0 Å². The van der Waals surface area contributed by atoms with Crippen molar-refractivity contribution in [3.63, 3.8) is 0 Å². The van der Waals surface area contributed by atoms with Crippen LogP contribution in [0.15, 0.2) is 24.3 Å². The third-order valence-corrected chi connectivity index (χ3v) is 5.26. The van der Waals surface area contributed by atoms with Gasteiger partial charge in [0.05, 0.1) is 20.8 Å². The summed E-state index contributed by atoms with van der Waals surface area (Å²) in [5, 5.41) is 15.3. The van der Waals surface area contributed by atoms with Crippen LogP contribution in [-0.4, -0.2) is 28.3 Å². The van der Waals surface area contributed by atoms with Gasteiger partial charge in [-0.05, 0) is 44.4 Å². The fourth-order valence-corrected chi connectivity index (χ4v) is 4.21. The Labute approximate surface area is 124 Å². The minimum Gasteiger partial charge on any atom is -0.389 e. The summed E-state index contributed by atoms with van der Waals surface area (Å²) in [6, 6.07) is 8.78. The number of nitrogens with zero attached hydrogens (tertiary/aromatic N) is 1. The van der Waals surface area contributed by atoms with Crippen molar-refractivity contribution in [1.29, 1.82) is 0 Å². The van der Waals surface area contributed by atoms with E-state index in [0.29, 0.717) is 12.5 Å². The molecule has 1 aromatic carbocycles. The number of aromatic nitrogens is 1. The molecule has 0 saturated heterocycles. The minimum atomic E-state index is -0.556. The van der Waals surface area contributed by atoms with E-state index in [9.17, 15) is 5.11 Å². The van der Waals surface area contributed by atoms with Crippen LogP contribution in [0.3, 0.4) is 0 Å². The minimum absolute atomic E-state index is 0.556. The van der Waals surface area contributed by atoms with Crippen molar-refractivity contribution in [3.05, 3.63) is 29.3 Å². The molecule has 1 aromatic heterocycles. The number of aliphatic hydroxyl groups is 1. The molecule has 108 valence electrons. The number of para-hydroxylation sites is 1. The zero-order chi connectivity index (χ0) is 14.0. The van der Waals surface area contributed by atoms with Crippen molar-refractivity contribution < 1.29 is 5.11 Å². The topological polar surface area (TPSA) is 45.1 Å². The van der Waals surface area contributed by atoms with E-state index in [2.05, 4.69) is 23.3 Å². The predicted octanol–water partition coefficient (Wildman–Crippen LogP) is 3.12. The van der Waals surface area contributed by atoms with Crippen LogP contribution in [0.2, 0.25) is 0 Å². The number of thiazole rings is 1. The first kappa shape index (κ1) is 14.0. The van der Waals surface area contributed by atoms with Crippen molar-refractivity contribution in [2.75, 3.05) is 6.54 Å². The molecule has 0 radical (unpaired) electrons. The van der Waals surface area contributed by atoms with Gasteiger partial charge in [-0.15, -0.1) is 11.3 Å². The number of rotatable bonds is 4. The van der Waals surface area contributed by atoms with Gasteiger partial charge >= 0.3 is 0 Å². The number of nitrogens with one attached hydrogen (secondary N) is 1. The highest BCUT2D eigenvalue weighted by Gasteiger charge is 2.33. The number of hydrogen-bond acceptors (Lipinski definition) is 4. The normalized spacial score (nSPS) is 27.0. The molecule has 4 heteroatoms. The molecule has 2 aromatic rings. The Morgan fingerprint density at radius 3 is 2.80 bits per heavy atom. The molecule has 2 N–H and O–H groups in total. The molecule has 0 unspecified atom stereocenters. The highest BCUT2D eigenvalue weighted by atomic mass is 32.1. The molecule has 0 atom stereocenters. The Bertz CT molecular complexity index is 540. The van der Waals surface area contributed by atoms with Crippen LogP contribution in [0.5, 0.6) is 0 Å². The lowest BCUT2D eigenvalue weighted by Crippen LogP contribution is -2.42. The van der Waals surface area contributed by atoms with E-state index >= 15 is 0 Å². The van der Waals surface area contributed by atoms with Crippen LogP contribution >= 0.6 is 11.3 Å². The Balaban J connectivity index is 1.68. The van der Waals surface area contributed by atoms with Gasteiger partial charge in [-0.25, -0.2) is 4.98 Å². The summed E-state index contributed by atoms with van der Waals surface area (Å²) >= 11 is 1.71. The van der Waals surface area contributed by atoms with Crippen LogP contribution in [0, 0.1) is 0 Å². The van der Waals surface area contributed by atoms with Crippen LogP contribution in [0.25, 0.3) is 10.2 Å². The number of fused-ring (bicyclic) bond motifs is 1. The van der Waals surface area contributed by atoms with Crippen molar-refractivity contribution in [2.24, 2.45) is 0 Å². The van der Waals surface area contributed by atoms with Gasteiger partial charge in [0.2, 0.25) is 0 Å². The van der Waals surface area contributed by atoms with E-state index in [0.717, 1.165) is 42.8 Å². The summed E-state index contributed by atoms with van der Waals surface area (Å²) in [6.07, 6.45) is 4.58.